The maximum atomic E-state index is 13.8. The zero-order chi connectivity index (χ0) is 22.6. The monoisotopic (exact) mass is 451 g/mol. The number of carbonyl (C=O) groups excluding carboxylic acids is 1. The molecule has 33 heavy (non-hydrogen) atoms. The molecule has 0 bridgehead atoms. The summed E-state index contributed by atoms with van der Waals surface area (Å²) >= 11 is 1.40. The van der Waals surface area contributed by atoms with Crippen LogP contribution in [0.3, 0.4) is 0 Å². The minimum absolute atomic E-state index is 0.0160. The highest BCUT2D eigenvalue weighted by Crippen LogP contribution is 2.39. The molecule has 7 heteroatoms. The summed E-state index contributed by atoms with van der Waals surface area (Å²) in [6.45, 7) is 4.41. The molecule has 1 unspecified atom stereocenters. The predicted molar refractivity (Wildman–Crippen MR) is 131 cm³/mol. The van der Waals surface area contributed by atoms with Crippen LogP contribution < -0.4 is 0 Å². The molecule has 0 aliphatic heterocycles. The maximum absolute atomic E-state index is 13.8. The first kappa shape index (κ1) is 20.9. The third kappa shape index (κ3) is 4.10. The van der Waals surface area contributed by atoms with Crippen LogP contribution in [0.1, 0.15) is 21.2 Å². The van der Waals surface area contributed by atoms with Crippen LogP contribution in [0.15, 0.2) is 103 Å². The number of ketones is 1. The third-order valence-electron chi connectivity index (χ3n) is 5.39. The Morgan fingerprint density at radius 1 is 1.03 bits per heavy atom. The lowest BCUT2D eigenvalue weighted by Gasteiger charge is -2.16. The highest BCUT2D eigenvalue weighted by Gasteiger charge is 2.28. The summed E-state index contributed by atoms with van der Waals surface area (Å²) in [5.74, 6) is 0.730. The Bertz CT molecular complexity index is 1410. The van der Waals surface area contributed by atoms with Crippen LogP contribution in [0.4, 0.5) is 0 Å². The number of aromatic nitrogens is 5. The fraction of sp³-hybridized carbons (Fsp3) is 0.0769. The highest BCUT2D eigenvalue weighted by molar-refractivity contribution is 8.00. The molecule has 162 valence electrons. The summed E-state index contributed by atoms with van der Waals surface area (Å²) in [6.07, 6.45) is 7.04. The van der Waals surface area contributed by atoms with E-state index in [1.165, 1.54) is 11.8 Å². The van der Waals surface area contributed by atoms with Gasteiger partial charge in [0.2, 0.25) is 0 Å². The van der Waals surface area contributed by atoms with Gasteiger partial charge in [-0.25, -0.2) is 0 Å². The minimum Gasteiger partial charge on any atom is -0.360 e. The first-order chi connectivity index (χ1) is 16.3. The molecule has 0 radical (unpaired) electrons. The zero-order valence-electron chi connectivity index (χ0n) is 17.8. The molecule has 2 aromatic carbocycles. The van der Waals surface area contributed by atoms with E-state index in [1.54, 1.807) is 24.7 Å². The van der Waals surface area contributed by atoms with Crippen molar-refractivity contribution in [1.82, 2.24) is 24.7 Å². The number of para-hydroxylation sites is 1. The van der Waals surface area contributed by atoms with Gasteiger partial charge >= 0.3 is 0 Å². The Hall–Kier alpha value is -3.97. The Kier molecular flexibility index (Phi) is 5.87. The number of H-pyrrole nitrogens is 1. The summed E-state index contributed by atoms with van der Waals surface area (Å²) < 4.78 is 1.98. The van der Waals surface area contributed by atoms with Gasteiger partial charge in [-0.2, -0.15) is 0 Å². The average molecular weight is 452 g/mol. The van der Waals surface area contributed by atoms with Crippen LogP contribution in [0.25, 0.3) is 22.3 Å². The van der Waals surface area contributed by atoms with E-state index in [1.807, 2.05) is 71.3 Å². The van der Waals surface area contributed by atoms with Gasteiger partial charge in [-0.05, 0) is 23.8 Å². The molecule has 0 saturated heterocycles. The van der Waals surface area contributed by atoms with Gasteiger partial charge in [-0.1, -0.05) is 66.4 Å². The zero-order valence-corrected chi connectivity index (χ0v) is 18.6. The molecule has 5 aromatic rings. The number of fused-ring (bicyclic) bond motifs is 1. The second-order valence-electron chi connectivity index (χ2n) is 7.46. The van der Waals surface area contributed by atoms with E-state index >= 15 is 0 Å². The predicted octanol–water partition coefficient (Wildman–Crippen LogP) is 5.72. The van der Waals surface area contributed by atoms with Gasteiger partial charge in [0.05, 0.1) is 0 Å². The number of thioether (sulfide) groups is 1. The summed E-state index contributed by atoms with van der Waals surface area (Å²) in [5.41, 5.74) is 3.42. The summed E-state index contributed by atoms with van der Waals surface area (Å²) in [7, 11) is 0. The number of pyridine rings is 1. The molecule has 3 heterocycles. The second kappa shape index (κ2) is 9.26. The molecular formula is C26H21N5OS. The van der Waals surface area contributed by atoms with Crippen molar-refractivity contribution < 1.29 is 4.79 Å². The second-order valence-corrected chi connectivity index (χ2v) is 8.53. The van der Waals surface area contributed by atoms with Crippen molar-refractivity contribution in [2.24, 2.45) is 0 Å². The van der Waals surface area contributed by atoms with Crippen molar-refractivity contribution in [1.29, 1.82) is 0 Å². The highest BCUT2D eigenvalue weighted by atomic mass is 32.2. The molecule has 5 rings (SSSR count). The molecule has 0 saturated carbocycles. The molecule has 6 nitrogen and oxygen atoms in total. The van der Waals surface area contributed by atoms with Gasteiger partial charge in [0.1, 0.15) is 5.25 Å². The van der Waals surface area contributed by atoms with Crippen molar-refractivity contribution in [2.45, 2.75) is 17.0 Å². The standard InChI is InChI=1S/C26H21N5OS/c1-2-16-31-25(19-12-14-27-15-13-19)29-30-26(31)33-24(18-8-4-3-5-9-18)23(32)21-17-28-22-11-7-6-10-20(21)22/h2-15,17,24,28H,1,16H2. The summed E-state index contributed by atoms with van der Waals surface area (Å²) in [4.78, 5) is 21.1. The van der Waals surface area contributed by atoms with E-state index in [-0.39, 0.29) is 5.78 Å². The number of allylic oxidation sites excluding steroid dienone is 1. The van der Waals surface area contributed by atoms with Gasteiger partial charge in [0.25, 0.3) is 0 Å². The molecule has 0 fully saturated rings. The lowest BCUT2D eigenvalue weighted by molar-refractivity contribution is 0.0991. The van der Waals surface area contributed by atoms with E-state index in [4.69, 9.17) is 0 Å². The van der Waals surface area contributed by atoms with E-state index in [9.17, 15) is 4.79 Å². The minimum atomic E-state index is -0.483. The van der Waals surface area contributed by atoms with Crippen molar-refractivity contribution >= 4 is 28.4 Å². The molecule has 1 atom stereocenters. The lowest BCUT2D eigenvalue weighted by Crippen LogP contribution is -2.11. The number of hydrogen-bond acceptors (Lipinski definition) is 5. The number of nitrogens with one attached hydrogen (secondary N) is 1. The number of benzene rings is 2. The third-order valence-corrected chi connectivity index (χ3v) is 6.62. The van der Waals surface area contributed by atoms with Crippen molar-refractivity contribution in [3.05, 3.63) is 109 Å². The molecular weight excluding hydrogens is 430 g/mol. The molecule has 0 aliphatic rings. The van der Waals surface area contributed by atoms with Crippen LogP contribution >= 0.6 is 11.8 Å². The quantitative estimate of drug-likeness (QED) is 0.185. The molecule has 1 N–H and O–H groups in total. The largest absolute Gasteiger partial charge is 0.360 e. The van der Waals surface area contributed by atoms with Crippen molar-refractivity contribution in [3.63, 3.8) is 0 Å². The Morgan fingerprint density at radius 2 is 1.79 bits per heavy atom. The van der Waals surface area contributed by atoms with Gasteiger partial charge < -0.3 is 4.98 Å². The van der Waals surface area contributed by atoms with Crippen molar-refractivity contribution in [3.8, 4) is 11.4 Å². The summed E-state index contributed by atoms with van der Waals surface area (Å²) in [5, 5.41) is 9.96. The number of Topliss-reactive ketones (excluding diaryl/α,β-unsaturated/α-hetero) is 1. The van der Waals surface area contributed by atoms with E-state index < -0.39 is 5.25 Å². The van der Waals surface area contributed by atoms with Crippen LogP contribution in [0.5, 0.6) is 0 Å². The van der Waals surface area contributed by atoms with Crippen LogP contribution in [0.2, 0.25) is 0 Å². The number of carbonyl (C=O) groups is 1. The van der Waals surface area contributed by atoms with E-state index in [2.05, 4.69) is 26.7 Å². The fourth-order valence-corrected chi connectivity index (χ4v) is 4.92. The van der Waals surface area contributed by atoms with Crippen molar-refractivity contribution in [2.75, 3.05) is 0 Å². The molecule has 3 aromatic heterocycles. The Labute approximate surface area is 195 Å². The Morgan fingerprint density at radius 3 is 2.58 bits per heavy atom. The number of aromatic amines is 1. The molecule has 0 aliphatic carbocycles. The first-order valence-electron chi connectivity index (χ1n) is 10.5. The number of rotatable bonds is 8. The first-order valence-corrected chi connectivity index (χ1v) is 11.4. The number of nitrogens with zero attached hydrogens (tertiary/aromatic N) is 4. The average Bonchev–Trinajstić information content (AvgIpc) is 3.48. The van der Waals surface area contributed by atoms with E-state index in [0.29, 0.717) is 23.1 Å². The summed E-state index contributed by atoms with van der Waals surface area (Å²) in [6, 6.07) is 21.4. The smallest absolute Gasteiger partial charge is 0.192 e. The fourth-order valence-electron chi connectivity index (χ4n) is 3.81. The van der Waals surface area contributed by atoms with E-state index in [0.717, 1.165) is 22.0 Å². The van der Waals surface area contributed by atoms with Crippen LogP contribution in [-0.2, 0) is 6.54 Å². The van der Waals surface area contributed by atoms with Gasteiger partial charge in [-0.3, -0.25) is 14.3 Å². The SMILES string of the molecule is C=CCn1c(SC(C(=O)c2c[nH]c3ccccc23)c2ccccc2)nnc1-c1ccncc1. The van der Waals surface area contributed by atoms with Gasteiger partial charge in [0.15, 0.2) is 16.8 Å². The van der Waals surface area contributed by atoms with Crippen LogP contribution in [0, 0.1) is 0 Å². The van der Waals surface area contributed by atoms with Gasteiger partial charge in [-0.15, -0.1) is 16.8 Å². The molecule has 0 spiro atoms. The Balaban J connectivity index is 1.57. The maximum Gasteiger partial charge on any atom is 0.192 e. The molecule has 0 amide bonds. The van der Waals surface area contributed by atoms with Crippen LogP contribution in [-0.4, -0.2) is 30.5 Å². The topological polar surface area (TPSA) is 76.5 Å². The van der Waals surface area contributed by atoms with Gasteiger partial charge in [0, 0.05) is 47.2 Å². The normalized spacial score (nSPS) is 12.0. The number of hydrogen-bond donors (Lipinski definition) is 1. The lowest BCUT2D eigenvalue weighted by atomic mass is 10.0.